The first kappa shape index (κ1) is 20.6. The third kappa shape index (κ3) is 4.71. The van der Waals surface area contributed by atoms with E-state index in [9.17, 15) is 9.59 Å². The number of carbonyl (C=O) groups excluding carboxylic acids is 2. The third-order valence-corrected chi connectivity index (χ3v) is 7.09. The lowest BCUT2D eigenvalue weighted by Gasteiger charge is -2.17. The van der Waals surface area contributed by atoms with Crippen molar-refractivity contribution in [1.29, 1.82) is 0 Å². The number of rotatable bonds is 6. The molecule has 2 aromatic carbocycles. The van der Waals surface area contributed by atoms with E-state index in [4.69, 9.17) is 0 Å². The number of thioether (sulfide) groups is 1. The molecule has 1 fully saturated rings. The van der Waals surface area contributed by atoms with Gasteiger partial charge in [0, 0.05) is 29.5 Å². The van der Waals surface area contributed by atoms with Crippen molar-refractivity contribution in [1.82, 2.24) is 10.2 Å². The number of anilines is 2. The number of hydrogen-bond donors (Lipinski definition) is 1. The van der Waals surface area contributed by atoms with Gasteiger partial charge in [0.05, 0.1) is 5.75 Å². The Labute approximate surface area is 183 Å². The maximum absolute atomic E-state index is 12.6. The summed E-state index contributed by atoms with van der Waals surface area (Å²) < 4.78 is 0. The molecular weight excluding hydrogens is 416 g/mol. The molecule has 1 aliphatic heterocycles. The van der Waals surface area contributed by atoms with Crippen molar-refractivity contribution in [2.45, 2.75) is 31.1 Å². The van der Waals surface area contributed by atoms with Crippen molar-refractivity contribution in [3.8, 4) is 0 Å². The number of hydrogen-bond acceptors (Lipinski definition) is 6. The molecule has 1 N–H and O–H groups in total. The monoisotopic (exact) mass is 438 g/mol. The molecule has 0 radical (unpaired) electrons. The highest BCUT2D eigenvalue weighted by molar-refractivity contribution is 8.00. The van der Waals surface area contributed by atoms with Gasteiger partial charge in [0.1, 0.15) is 5.01 Å². The normalized spacial score (nSPS) is 16.1. The first-order valence-electron chi connectivity index (χ1n) is 9.68. The van der Waals surface area contributed by atoms with E-state index in [1.165, 1.54) is 28.7 Å². The summed E-state index contributed by atoms with van der Waals surface area (Å²) >= 11 is 2.82. The second kappa shape index (κ2) is 8.97. The van der Waals surface area contributed by atoms with Crippen molar-refractivity contribution in [3.05, 3.63) is 64.7 Å². The van der Waals surface area contributed by atoms with Crippen molar-refractivity contribution in [3.63, 3.8) is 0 Å². The quantitative estimate of drug-likeness (QED) is 0.577. The summed E-state index contributed by atoms with van der Waals surface area (Å²) in [7, 11) is 0. The minimum Gasteiger partial charge on any atom is -0.312 e. The summed E-state index contributed by atoms with van der Waals surface area (Å²) in [5.74, 6) is 0.261. The van der Waals surface area contributed by atoms with Gasteiger partial charge in [-0.3, -0.25) is 14.9 Å². The summed E-state index contributed by atoms with van der Waals surface area (Å²) in [5.41, 5.74) is 3.29. The van der Waals surface area contributed by atoms with Gasteiger partial charge in [0.25, 0.3) is 0 Å². The molecule has 154 valence electrons. The van der Waals surface area contributed by atoms with Crippen LogP contribution in [0.25, 0.3) is 0 Å². The number of nitrogens with one attached hydrogen (secondary N) is 1. The maximum Gasteiger partial charge on any atom is 0.236 e. The van der Waals surface area contributed by atoms with Gasteiger partial charge in [0.2, 0.25) is 16.9 Å². The van der Waals surface area contributed by atoms with Gasteiger partial charge in [-0.05, 0) is 49.2 Å². The molecule has 2 heterocycles. The Hall–Kier alpha value is -2.71. The van der Waals surface area contributed by atoms with E-state index in [1.54, 1.807) is 0 Å². The number of nitrogens with zero attached hydrogens (tertiary/aromatic N) is 3. The summed E-state index contributed by atoms with van der Waals surface area (Å²) in [4.78, 5) is 27.6. The number of benzene rings is 2. The minimum atomic E-state index is -0.120. The van der Waals surface area contributed by atoms with Crippen LogP contribution in [0.1, 0.15) is 28.5 Å². The number of aryl methyl sites for hydroxylation is 2. The molecule has 0 bridgehead atoms. The Morgan fingerprint density at radius 2 is 1.97 bits per heavy atom. The van der Waals surface area contributed by atoms with Crippen molar-refractivity contribution >= 4 is 45.7 Å². The van der Waals surface area contributed by atoms with Crippen LogP contribution in [0, 0.1) is 13.8 Å². The van der Waals surface area contributed by atoms with Gasteiger partial charge in [-0.1, -0.05) is 35.6 Å². The van der Waals surface area contributed by atoms with Crippen LogP contribution >= 0.6 is 23.1 Å². The molecule has 2 amide bonds. The molecule has 1 aromatic heterocycles. The van der Waals surface area contributed by atoms with Crippen LogP contribution < -0.4 is 10.2 Å². The zero-order valence-electron chi connectivity index (χ0n) is 16.8. The average Bonchev–Trinajstić information content (AvgIpc) is 3.36. The van der Waals surface area contributed by atoms with Crippen LogP contribution in [-0.4, -0.2) is 34.3 Å². The van der Waals surface area contributed by atoms with Gasteiger partial charge in [0.15, 0.2) is 0 Å². The first-order valence-corrected chi connectivity index (χ1v) is 11.5. The summed E-state index contributed by atoms with van der Waals surface area (Å²) in [6, 6.07) is 15.9. The molecule has 30 heavy (non-hydrogen) atoms. The van der Waals surface area contributed by atoms with Gasteiger partial charge in [-0.25, -0.2) is 0 Å². The van der Waals surface area contributed by atoms with Gasteiger partial charge in [-0.2, -0.15) is 0 Å². The fourth-order valence-corrected chi connectivity index (χ4v) is 4.86. The highest BCUT2D eigenvalue weighted by Crippen LogP contribution is 2.34. The molecule has 3 aromatic rings. The second-order valence-electron chi connectivity index (χ2n) is 7.27. The van der Waals surface area contributed by atoms with E-state index >= 15 is 0 Å². The highest BCUT2D eigenvalue weighted by Gasteiger charge is 2.34. The Kier molecular flexibility index (Phi) is 6.15. The molecule has 0 saturated carbocycles. The Morgan fingerprint density at radius 3 is 2.73 bits per heavy atom. The van der Waals surface area contributed by atoms with E-state index in [-0.39, 0.29) is 17.7 Å². The van der Waals surface area contributed by atoms with Gasteiger partial charge >= 0.3 is 0 Å². The second-order valence-corrected chi connectivity index (χ2v) is 9.33. The molecule has 0 aliphatic carbocycles. The molecule has 1 saturated heterocycles. The average molecular weight is 439 g/mol. The lowest BCUT2D eigenvalue weighted by molar-refractivity contribution is -0.117. The van der Waals surface area contributed by atoms with Crippen LogP contribution in [0.4, 0.5) is 10.8 Å². The van der Waals surface area contributed by atoms with Crippen LogP contribution in [0.3, 0.4) is 0 Å². The molecular formula is C22H22N4O2S2. The van der Waals surface area contributed by atoms with E-state index in [1.807, 2.05) is 60.4 Å². The van der Waals surface area contributed by atoms with E-state index in [2.05, 4.69) is 22.4 Å². The first-order chi connectivity index (χ1) is 14.5. The Bertz CT molecular complexity index is 1070. The van der Waals surface area contributed by atoms with Crippen molar-refractivity contribution in [2.24, 2.45) is 0 Å². The topological polar surface area (TPSA) is 75.2 Å². The lowest BCUT2D eigenvalue weighted by atomic mass is 10.1. The largest absolute Gasteiger partial charge is 0.312 e. The number of aromatic nitrogens is 2. The molecule has 6 nitrogen and oxygen atoms in total. The minimum absolute atomic E-state index is 0.0130. The predicted octanol–water partition coefficient (Wildman–Crippen LogP) is 4.41. The fourth-order valence-electron chi connectivity index (χ4n) is 3.29. The maximum atomic E-state index is 12.6. The van der Waals surface area contributed by atoms with Gasteiger partial charge in [-0.15, -0.1) is 22.0 Å². The summed E-state index contributed by atoms with van der Waals surface area (Å²) in [6.07, 6.45) is 0.402. The Morgan fingerprint density at radius 1 is 1.17 bits per heavy atom. The number of amides is 2. The van der Waals surface area contributed by atoms with Crippen LogP contribution in [-0.2, 0) is 9.59 Å². The SMILES string of the molecule is Cc1ccc(N2C[C@H](c3nnc(NC(=O)CSc4ccccc4)s3)CC2=O)cc1C. The zero-order valence-corrected chi connectivity index (χ0v) is 18.4. The standard InChI is InChI=1S/C22H22N4O2S2/c1-14-8-9-17(10-15(14)2)26-12-16(11-20(26)28)21-24-25-22(30-21)23-19(27)13-29-18-6-4-3-5-7-18/h3-10,16H,11-13H2,1-2H3,(H,23,25,27)/t16-/m1/s1. The Balaban J connectivity index is 1.36. The predicted molar refractivity (Wildman–Crippen MR) is 121 cm³/mol. The van der Waals surface area contributed by atoms with Crippen LogP contribution in [0.5, 0.6) is 0 Å². The molecule has 0 spiro atoms. The van der Waals surface area contributed by atoms with E-state index in [0.717, 1.165) is 21.2 Å². The van der Waals surface area contributed by atoms with Crippen molar-refractivity contribution in [2.75, 3.05) is 22.5 Å². The highest BCUT2D eigenvalue weighted by atomic mass is 32.2. The van der Waals surface area contributed by atoms with E-state index in [0.29, 0.717) is 23.8 Å². The molecule has 1 aliphatic rings. The van der Waals surface area contributed by atoms with Crippen LogP contribution in [0.15, 0.2) is 53.4 Å². The third-order valence-electron chi connectivity index (χ3n) is 5.08. The zero-order chi connectivity index (χ0) is 21.1. The number of carbonyl (C=O) groups is 2. The van der Waals surface area contributed by atoms with E-state index < -0.39 is 0 Å². The van der Waals surface area contributed by atoms with Crippen molar-refractivity contribution < 1.29 is 9.59 Å². The van der Waals surface area contributed by atoms with Gasteiger partial charge < -0.3 is 4.90 Å². The molecule has 1 atom stereocenters. The smallest absolute Gasteiger partial charge is 0.236 e. The van der Waals surface area contributed by atoms with Crippen LogP contribution in [0.2, 0.25) is 0 Å². The molecule has 4 rings (SSSR count). The summed E-state index contributed by atoms with van der Waals surface area (Å²) in [5, 5.41) is 12.4. The molecule has 8 heteroatoms. The fraction of sp³-hybridized carbons (Fsp3) is 0.273. The summed E-state index contributed by atoms with van der Waals surface area (Å²) in [6.45, 7) is 4.68. The lowest BCUT2D eigenvalue weighted by Crippen LogP contribution is -2.24. The molecule has 0 unspecified atom stereocenters.